The zero-order valence-electron chi connectivity index (χ0n) is 15.6. The fourth-order valence-electron chi connectivity index (χ4n) is 3.04. The number of aryl methyl sites for hydroxylation is 1. The lowest BCUT2D eigenvalue weighted by Gasteiger charge is -2.31. The molecule has 0 bridgehead atoms. The number of aromatic nitrogens is 2. The van der Waals surface area contributed by atoms with Crippen molar-refractivity contribution in [2.75, 3.05) is 27.3 Å². The van der Waals surface area contributed by atoms with E-state index in [0.29, 0.717) is 30.5 Å². The SMILES string of the molecule is COc1cncc(OC2CCCN(S(=O)(=O)c3ccc(OC)c(C)c3)C2)n1. The Hall–Kier alpha value is -2.39. The van der Waals surface area contributed by atoms with E-state index >= 15 is 0 Å². The molecule has 2 aromatic rings. The lowest BCUT2D eigenvalue weighted by atomic mass is 10.1. The second-order valence-corrected chi connectivity index (χ2v) is 8.21. The van der Waals surface area contributed by atoms with Crippen molar-refractivity contribution in [1.29, 1.82) is 0 Å². The summed E-state index contributed by atoms with van der Waals surface area (Å²) in [5.74, 6) is 1.32. The molecule has 1 aromatic carbocycles. The van der Waals surface area contributed by atoms with Gasteiger partial charge in [-0.1, -0.05) is 0 Å². The predicted octanol–water partition coefficient (Wildman–Crippen LogP) is 2.03. The van der Waals surface area contributed by atoms with Crippen LogP contribution in [0.3, 0.4) is 0 Å². The Bertz CT molecular complexity index is 904. The first-order valence-corrected chi connectivity index (χ1v) is 10.1. The normalized spacial score (nSPS) is 18.1. The average Bonchev–Trinajstić information content (AvgIpc) is 2.68. The minimum absolute atomic E-state index is 0.252. The van der Waals surface area contributed by atoms with Gasteiger partial charge >= 0.3 is 0 Å². The number of benzene rings is 1. The summed E-state index contributed by atoms with van der Waals surface area (Å²) in [5.41, 5.74) is 0.773. The van der Waals surface area contributed by atoms with Crippen LogP contribution in [0.5, 0.6) is 17.5 Å². The van der Waals surface area contributed by atoms with Gasteiger partial charge in [-0.25, -0.2) is 8.42 Å². The third kappa shape index (κ3) is 4.30. The second kappa shape index (κ2) is 8.10. The Balaban J connectivity index is 1.75. The maximum absolute atomic E-state index is 13.0. The number of hydrogen-bond acceptors (Lipinski definition) is 7. The van der Waals surface area contributed by atoms with Crippen molar-refractivity contribution in [2.24, 2.45) is 0 Å². The third-order valence-electron chi connectivity index (χ3n) is 4.43. The molecule has 1 fully saturated rings. The average molecular weight is 393 g/mol. The summed E-state index contributed by atoms with van der Waals surface area (Å²) >= 11 is 0. The molecule has 0 aliphatic carbocycles. The first-order chi connectivity index (χ1) is 12.9. The molecule has 3 rings (SSSR count). The first-order valence-electron chi connectivity index (χ1n) is 8.61. The van der Waals surface area contributed by atoms with Crippen LogP contribution >= 0.6 is 0 Å². The molecule has 27 heavy (non-hydrogen) atoms. The Morgan fingerprint density at radius 2 is 1.93 bits per heavy atom. The van der Waals surface area contributed by atoms with Gasteiger partial charge in [0.25, 0.3) is 0 Å². The van der Waals surface area contributed by atoms with Crippen molar-refractivity contribution in [3.63, 3.8) is 0 Å². The molecule has 146 valence electrons. The molecule has 0 spiro atoms. The number of sulfonamides is 1. The van der Waals surface area contributed by atoms with Crippen molar-refractivity contribution in [2.45, 2.75) is 30.8 Å². The summed E-state index contributed by atoms with van der Waals surface area (Å²) in [4.78, 5) is 8.43. The van der Waals surface area contributed by atoms with Gasteiger partial charge in [0.2, 0.25) is 21.8 Å². The second-order valence-electron chi connectivity index (χ2n) is 6.28. The monoisotopic (exact) mass is 393 g/mol. The van der Waals surface area contributed by atoms with E-state index in [0.717, 1.165) is 12.0 Å². The topological polar surface area (TPSA) is 90.9 Å². The number of rotatable bonds is 6. The molecule has 0 radical (unpaired) electrons. The quantitative estimate of drug-likeness (QED) is 0.742. The van der Waals surface area contributed by atoms with Crippen molar-refractivity contribution >= 4 is 10.0 Å². The van der Waals surface area contributed by atoms with E-state index in [2.05, 4.69) is 9.97 Å². The number of methoxy groups -OCH3 is 2. The zero-order valence-corrected chi connectivity index (χ0v) is 16.4. The Morgan fingerprint density at radius 1 is 1.15 bits per heavy atom. The predicted molar refractivity (Wildman–Crippen MR) is 98.7 cm³/mol. The fourth-order valence-corrected chi connectivity index (χ4v) is 4.63. The van der Waals surface area contributed by atoms with Gasteiger partial charge in [0.15, 0.2) is 0 Å². The maximum Gasteiger partial charge on any atom is 0.243 e. The Kier molecular flexibility index (Phi) is 5.81. The summed E-state index contributed by atoms with van der Waals surface area (Å²) in [6.07, 6.45) is 4.12. The van der Waals surface area contributed by atoms with Gasteiger partial charge in [0.1, 0.15) is 11.9 Å². The number of nitrogens with zero attached hydrogens (tertiary/aromatic N) is 3. The highest BCUT2D eigenvalue weighted by Gasteiger charge is 2.31. The highest BCUT2D eigenvalue weighted by Crippen LogP contribution is 2.26. The van der Waals surface area contributed by atoms with Crippen LogP contribution < -0.4 is 14.2 Å². The third-order valence-corrected chi connectivity index (χ3v) is 6.29. The largest absolute Gasteiger partial charge is 0.496 e. The van der Waals surface area contributed by atoms with Crippen LogP contribution in [0.1, 0.15) is 18.4 Å². The molecule has 0 saturated carbocycles. The van der Waals surface area contributed by atoms with E-state index in [-0.39, 0.29) is 17.5 Å². The molecule has 1 aliphatic heterocycles. The fraction of sp³-hybridized carbons (Fsp3) is 0.444. The summed E-state index contributed by atoms with van der Waals surface area (Å²) in [5, 5.41) is 0. The summed E-state index contributed by atoms with van der Waals surface area (Å²) < 4.78 is 43.6. The van der Waals surface area contributed by atoms with Crippen molar-refractivity contribution in [1.82, 2.24) is 14.3 Å². The van der Waals surface area contributed by atoms with Crippen LogP contribution in [0.15, 0.2) is 35.5 Å². The highest BCUT2D eigenvalue weighted by atomic mass is 32.2. The van der Waals surface area contributed by atoms with E-state index in [1.54, 1.807) is 25.3 Å². The van der Waals surface area contributed by atoms with Gasteiger partial charge in [0.05, 0.1) is 38.1 Å². The smallest absolute Gasteiger partial charge is 0.243 e. The van der Waals surface area contributed by atoms with Gasteiger partial charge in [-0.3, -0.25) is 4.98 Å². The van der Waals surface area contributed by atoms with Crippen molar-refractivity contribution in [3.05, 3.63) is 36.2 Å². The number of hydrogen-bond donors (Lipinski definition) is 0. The summed E-state index contributed by atoms with van der Waals surface area (Å²) in [7, 11) is -0.551. The Labute approximate surface area is 159 Å². The van der Waals surface area contributed by atoms with Crippen LogP contribution in [0, 0.1) is 6.92 Å². The molecule has 1 atom stereocenters. The maximum atomic E-state index is 13.0. The lowest BCUT2D eigenvalue weighted by molar-refractivity contribution is 0.123. The van der Waals surface area contributed by atoms with Crippen molar-refractivity contribution in [3.8, 4) is 17.5 Å². The van der Waals surface area contributed by atoms with E-state index < -0.39 is 10.0 Å². The first kappa shape index (κ1) is 19.4. The number of ether oxygens (including phenoxy) is 3. The Morgan fingerprint density at radius 3 is 2.63 bits per heavy atom. The van der Waals surface area contributed by atoms with E-state index in [9.17, 15) is 8.42 Å². The van der Waals surface area contributed by atoms with Gasteiger partial charge in [-0.2, -0.15) is 9.29 Å². The molecule has 2 heterocycles. The van der Waals surface area contributed by atoms with Gasteiger partial charge < -0.3 is 14.2 Å². The molecule has 9 heteroatoms. The molecular formula is C18H23N3O5S. The van der Waals surface area contributed by atoms with Crippen LogP contribution in [0.4, 0.5) is 0 Å². The molecule has 1 aromatic heterocycles. The van der Waals surface area contributed by atoms with Gasteiger partial charge in [-0.15, -0.1) is 0 Å². The molecule has 8 nitrogen and oxygen atoms in total. The van der Waals surface area contributed by atoms with Gasteiger partial charge in [-0.05, 0) is 43.5 Å². The van der Waals surface area contributed by atoms with Crippen LogP contribution in [-0.4, -0.2) is 56.1 Å². The minimum atomic E-state index is -3.61. The minimum Gasteiger partial charge on any atom is -0.496 e. The lowest BCUT2D eigenvalue weighted by Crippen LogP contribution is -2.44. The molecule has 0 amide bonds. The summed E-state index contributed by atoms with van der Waals surface area (Å²) in [6, 6.07) is 4.87. The van der Waals surface area contributed by atoms with E-state index in [1.165, 1.54) is 23.8 Å². The number of piperidine rings is 1. The van der Waals surface area contributed by atoms with Crippen LogP contribution in [-0.2, 0) is 10.0 Å². The molecule has 1 saturated heterocycles. The standard InChI is InChI=1S/C18H23N3O5S/c1-13-9-15(6-7-16(13)24-2)27(22,23)21-8-4-5-14(12-21)26-18-11-19-10-17(20-18)25-3/h6-7,9-11,14H,4-5,8,12H2,1-3H3. The summed E-state index contributed by atoms with van der Waals surface area (Å²) in [6.45, 7) is 2.53. The zero-order chi connectivity index (χ0) is 19.4. The van der Waals surface area contributed by atoms with E-state index in [4.69, 9.17) is 14.2 Å². The highest BCUT2D eigenvalue weighted by molar-refractivity contribution is 7.89. The van der Waals surface area contributed by atoms with Crippen LogP contribution in [0.25, 0.3) is 0 Å². The van der Waals surface area contributed by atoms with E-state index in [1.807, 2.05) is 6.92 Å². The molecule has 1 unspecified atom stereocenters. The van der Waals surface area contributed by atoms with Crippen LogP contribution in [0.2, 0.25) is 0 Å². The molecular weight excluding hydrogens is 370 g/mol. The van der Waals surface area contributed by atoms with Crippen molar-refractivity contribution < 1.29 is 22.6 Å². The molecule has 1 aliphatic rings. The molecule has 0 N–H and O–H groups in total. The van der Waals surface area contributed by atoms with Gasteiger partial charge in [0, 0.05) is 6.54 Å².